The van der Waals surface area contributed by atoms with E-state index in [1.807, 2.05) is 0 Å². The predicted octanol–water partition coefficient (Wildman–Crippen LogP) is 30.8. The Morgan fingerprint density at radius 2 is 0.177 bits per heavy atom. The van der Waals surface area contributed by atoms with Gasteiger partial charge >= 0.3 is 0 Å². The average Bonchev–Trinajstić information content (AvgIpc) is 0.800. The Morgan fingerprint density at radius 3 is 0.269 bits per heavy atom. The highest BCUT2D eigenvalue weighted by Crippen LogP contribution is 2.41. The molecule has 0 aliphatic heterocycles. The summed E-state index contributed by atoms with van der Waals surface area (Å²) < 4.78 is 0. The van der Waals surface area contributed by atoms with E-state index in [-0.39, 0.29) is 0 Å². The van der Waals surface area contributed by atoms with E-state index in [9.17, 15) is 0 Å². The highest BCUT2D eigenvalue weighted by atomic mass is 15.2. The van der Waals surface area contributed by atoms with E-state index in [1.165, 1.54) is 33.4 Å². The summed E-state index contributed by atoms with van der Waals surface area (Å²) in [4.78, 5) is 9.09. The molecule has 614 valence electrons. The van der Waals surface area contributed by atoms with Crippen molar-refractivity contribution in [3.05, 3.63) is 537 Å². The first kappa shape index (κ1) is 83.4. The van der Waals surface area contributed by atoms with Gasteiger partial charge in [0.05, 0.1) is 0 Å². The van der Waals surface area contributed by atoms with Crippen molar-refractivity contribution in [1.82, 2.24) is 0 Å². The molecule has 0 aromatic heterocycles. The van der Waals surface area contributed by atoms with Gasteiger partial charge in [0, 0.05) is 135 Å². The van der Waals surface area contributed by atoms with Crippen LogP contribution in [0, 0.1) is 113 Å². The van der Waals surface area contributed by atoms with E-state index in [0.29, 0.717) is 0 Å². The number of rotatable bonds is 15. The second kappa shape index (κ2) is 39.2. The molecule has 0 fully saturated rings. The lowest BCUT2D eigenvalue weighted by Crippen LogP contribution is -2.09. The fourth-order valence-corrected chi connectivity index (χ4v) is 15.5. The number of benzene rings is 18. The first-order chi connectivity index (χ1) is 63.8. The second-order valence-electron chi connectivity index (χ2n) is 32.6. The molecule has 0 amide bonds. The molecule has 0 atom stereocenters. The molecule has 18 aromatic rings. The van der Waals surface area contributed by atoms with Crippen LogP contribution in [-0.4, -0.2) is 0 Å². The number of hydrogen-bond acceptors (Lipinski definition) is 4. The molecule has 130 heavy (non-hydrogen) atoms. The number of anilines is 12. The van der Waals surface area contributed by atoms with Crippen molar-refractivity contribution < 1.29 is 0 Å². The van der Waals surface area contributed by atoms with Crippen molar-refractivity contribution in [2.24, 2.45) is 0 Å². The minimum Gasteiger partial charge on any atom is -0.311 e. The Balaban J connectivity index is 0.536. The van der Waals surface area contributed by atoms with Crippen molar-refractivity contribution in [3.63, 3.8) is 0 Å². The van der Waals surface area contributed by atoms with Gasteiger partial charge < -0.3 is 19.6 Å². The lowest BCUT2D eigenvalue weighted by atomic mass is 10.0. The molecular formula is C126H90N4. The van der Waals surface area contributed by atoms with Gasteiger partial charge in [0.15, 0.2) is 0 Å². The first-order valence-electron chi connectivity index (χ1n) is 43.7. The predicted molar refractivity (Wildman–Crippen MR) is 544 cm³/mol. The summed E-state index contributed by atoms with van der Waals surface area (Å²) in [6.07, 6.45) is 0. The molecular weight excluding hydrogens is 1570 g/mol. The summed E-state index contributed by atoms with van der Waals surface area (Å²) in [5, 5.41) is 0. The van der Waals surface area contributed by atoms with Crippen LogP contribution in [0.4, 0.5) is 68.2 Å². The zero-order valence-corrected chi connectivity index (χ0v) is 73.4. The molecule has 18 aromatic carbocycles. The van der Waals surface area contributed by atoms with Gasteiger partial charge in [0.25, 0.3) is 0 Å². The smallest absolute Gasteiger partial charge is 0.0462 e. The summed E-state index contributed by atoms with van der Waals surface area (Å²) >= 11 is 0. The molecule has 0 aliphatic rings. The Kier molecular flexibility index (Phi) is 25.1. The molecule has 0 spiro atoms. The summed E-state index contributed by atoms with van der Waals surface area (Å²) in [6, 6.07) is 153. The fourth-order valence-electron chi connectivity index (χ4n) is 15.5. The highest BCUT2D eigenvalue weighted by molar-refractivity contribution is 5.83. The Labute approximate surface area is 765 Å². The SMILES string of the molecule is Cc1ccc(N(c2ccc(C)cc2)c2ccc(C#Cc3ccc(-c4ccc(C#Cc5ccc(N(c6ccc(C#Cc7ccc(-c8ccc(C#Cc9ccc(N(c%10ccc(C)cc%10)c%10ccc(C)cc%10)cc9)cc8)cc7)cc6)c6ccc(C#Cc7ccc(-c8ccc(C#Cc9ccc(N(c%10ccc(C)cc%10)c%10ccc(C)cc%10)cc9)cc8)cc7)cc6)cc5)cc4)cc3)cc2)cc1. The zero-order chi connectivity index (χ0) is 88.5. The van der Waals surface area contributed by atoms with Crippen molar-refractivity contribution in [1.29, 1.82) is 0 Å². The van der Waals surface area contributed by atoms with Crippen LogP contribution in [0.15, 0.2) is 437 Å². The second-order valence-corrected chi connectivity index (χ2v) is 32.6. The van der Waals surface area contributed by atoms with Crippen LogP contribution in [0.1, 0.15) is 100 Å². The van der Waals surface area contributed by atoms with Gasteiger partial charge in [-0.1, -0.05) is 250 Å². The van der Waals surface area contributed by atoms with E-state index in [2.05, 4.69) is 569 Å². The number of aryl methyl sites for hydroxylation is 6. The van der Waals surface area contributed by atoms with Crippen molar-refractivity contribution in [2.75, 3.05) is 19.6 Å². The van der Waals surface area contributed by atoms with Gasteiger partial charge in [0.1, 0.15) is 0 Å². The molecule has 0 aliphatic carbocycles. The monoisotopic (exact) mass is 1660 g/mol. The lowest BCUT2D eigenvalue weighted by Gasteiger charge is -2.25. The molecule has 18 rings (SSSR count). The molecule has 0 unspecified atom stereocenters. The third-order valence-electron chi connectivity index (χ3n) is 22.9. The minimum absolute atomic E-state index is 0.903. The van der Waals surface area contributed by atoms with Gasteiger partial charge in [0.2, 0.25) is 0 Å². The van der Waals surface area contributed by atoms with Crippen LogP contribution >= 0.6 is 0 Å². The van der Waals surface area contributed by atoms with Crippen molar-refractivity contribution in [3.8, 4) is 104 Å². The standard InChI is InChI=1S/C126H90N4/c1-91-7-67-115(68-8-91)127(116-69-9-92(2)10-70-116)121-79-43-103(44-80-121)25-19-97-31-55-109(56-32-97)112-61-37-100(38-62-112)22-28-106-49-85-124(86-50-106)130(125-87-51-107(52-88-125)29-23-101-39-63-113(64-40-101)110-57-33-98(34-58-110)20-26-104-45-81-122(82-46-104)128(117-71-11-93(3)12-72-117)118-73-13-94(4)14-74-118)126-89-53-108(54-90-126)30-24-102-41-65-114(66-42-102)111-59-35-99(36-60-111)21-27-105-47-83-123(84-48-105)129(119-75-15-95(5)16-76-119)120-77-17-96(6)18-78-120/h7-18,31-90H,1-6H3. The Bertz CT molecular complexity index is 6560. The largest absolute Gasteiger partial charge is 0.311 e. The van der Waals surface area contributed by atoms with Gasteiger partial charge in [-0.2, -0.15) is 0 Å². The Hall–Kier alpha value is -17.5. The van der Waals surface area contributed by atoms with Crippen molar-refractivity contribution in [2.45, 2.75) is 41.5 Å². The Morgan fingerprint density at radius 1 is 0.100 bits per heavy atom. The highest BCUT2D eigenvalue weighted by Gasteiger charge is 2.18. The average molecular weight is 1660 g/mol. The maximum absolute atomic E-state index is 3.44. The molecule has 0 N–H and O–H groups in total. The molecule has 0 saturated carbocycles. The van der Waals surface area contributed by atoms with E-state index in [1.54, 1.807) is 0 Å². The van der Waals surface area contributed by atoms with Crippen LogP contribution in [0.3, 0.4) is 0 Å². The molecule has 0 saturated heterocycles. The third kappa shape index (κ3) is 20.8. The van der Waals surface area contributed by atoms with Crippen LogP contribution < -0.4 is 19.6 Å². The summed E-state index contributed by atoms with van der Waals surface area (Å²) in [7, 11) is 0. The molecule has 4 nitrogen and oxygen atoms in total. The van der Waals surface area contributed by atoms with E-state index >= 15 is 0 Å². The lowest BCUT2D eigenvalue weighted by molar-refractivity contribution is 1.27. The third-order valence-corrected chi connectivity index (χ3v) is 22.9. The van der Waals surface area contributed by atoms with Crippen molar-refractivity contribution >= 4 is 68.2 Å². The summed E-state index contributed by atoms with van der Waals surface area (Å²) in [5.41, 5.74) is 38.0. The maximum Gasteiger partial charge on any atom is 0.0462 e. The van der Waals surface area contributed by atoms with E-state index in [0.717, 1.165) is 168 Å². The molecule has 0 bridgehead atoms. The molecule has 0 radical (unpaired) electrons. The summed E-state index contributed by atoms with van der Waals surface area (Å²) in [6.45, 7) is 12.7. The van der Waals surface area contributed by atoms with Gasteiger partial charge in [-0.05, 0) is 366 Å². The normalized spacial score (nSPS) is 10.5. The quantitative estimate of drug-likeness (QED) is 0.0949. The fraction of sp³-hybridized carbons (Fsp3) is 0.0476. The molecule has 0 heterocycles. The first-order valence-corrected chi connectivity index (χ1v) is 43.7. The van der Waals surface area contributed by atoms with Crippen LogP contribution in [0.2, 0.25) is 0 Å². The number of nitrogens with zero attached hydrogens (tertiary/aromatic N) is 4. The van der Waals surface area contributed by atoms with Gasteiger partial charge in [-0.15, -0.1) is 0 Å². The van der Waals surface area contributed by atoms with Crippen LogP contribution in [-0.2, 0) is 0 Å². The zero-order valence-electron chi connectivity index (χ0n) is 73.4. The maximum atomic E-state index is 3.44. The number of hydrogen-bond donors (Lipinski definition) is 0. The topological polar surface area (TPSA) is 13.0 Å². The van der Waals surface area contributed by atoms with E-state index in [4.69, 9.17) is 0 Å². The van der Waals surface area contributed by atoms with Gasteiger partial charge in [-0.3, -0.25) is 0 Å². The molecule has 4 heteroatoms. The van der Waals surface area contributed by atoms with Gasteiger partial charge in [-0.25, -0.2) is 0 Å². The summed E-state index contributed by atoms with van der Waals surface area (Å²) in [5.74, 6) is 40.9. The minimum atomic E-state index is 0.903. The van der Waals surface area contributed by atoms with E-state index < -0.39 is 0 Å². The van der Waals surface area contributed by atoms with Crippen LogP contribution in [0.5, 0.6) is 0 Å². The van der Waals surface area contributed by atoms with Crippen LogP contribution in [0.25, 0.3) is 33.4 Å².